The Kier molecular flexibility index (Phi) is 4.14. The Balaban J connectivity index is 2.23. The van der Waals surface area contributed by atoms with Crippen molar-refractivity contribution < 1.29 is 4.79 Å². The molecule has 0 saturated heterocycles. The van der Waals surface area contributed by atoms with Crippen molar-refractivity contribution in [1.82, 2.24) is 4.98 Å². The summed E-state index contributed by atoms with van der Waals surface area (Å²) in [6.07, 6.45) is 1.71. The molecule has 2 aromatic rings. The second kappa shape index (κ2) is 5.63. The largest absolute Gasteiger partial charge is 0.355 e. The van der Waals surface area contributed by atoms with Gasteiger partial charge in [-0.15, -0.1) is 11.3 Å². The van der Waals surface area contributed by atoms with Gasteiger partial charge in [-0.1, -0.05) is 0 Å². The molecule has 0 aliphatic carbocycles. The average molecular weight is 325 g/mol. The number of hydrogen-bond acceptors (Lipinski definition) is 4. The molecule has 0 bridgehead atoms. The van der Waals surface area contributed by atoms with Crippen molar-refractivity contribution in [1.29, 1.82) is 0 Å². The number of carbonyl (C=O) groups excluding carboxylic acids is 1. The smallest absolute Gasteiger partial charge is 0.163 e. The average Bonchev–Trinajstić information content (AvgIpc) is 2.74. The maximum atomic E-state index is 11.6. The molecule has 0 aliphatic heterocycles. The summed E-state index contributed by atoms with van der Waals surface area (Å²) in [5.74, 6) is 0.767. The van der Waals surface area contributed by atoms with E-state index in [2.05, 4.69) is 32.4 Å². The number of Topliss-reactive ketones (excluding diaryl/α,β-unsaturated/α-hetero) is 1. The zero-order valence-electron chi connectivity index (χ0n) is 10.2. The van der Waals surface area contributed by atoms with E-state index in [0.717, 1.165) is 16.1 Å². The minimum atomic E-state index is 0.0384. The lowest BCUT2D eigenvalue weighted by Crippen LogP contribution is -2.19. The summed E-state index contributed by atoms with van der Waals surface area (Å²) in [5, 5.41) is 2.09. The first kappa shape index (κ1) is 13.2. The molecule has 18 heavy (non-hydrogen) atoms. The van der Waals surface area contributed by atoms with E-state index < -0.39 is 0 Å². The quantitative estimate of drug-likeness (QED) is 0.803. The van der Waals surface area contributed by atoms with E-state index in [1.54, 1.807) is 30.5 Å². The van der Waals surface area contributed by atoms with Gasteiger partial charge in [-0.2, -0.15) is 0 Å². The van der Waals surface area contributed by atoms with Crippen molar-refractivity contribution >= 4 is 38.9 Å². The molecule has 0 fully saturated rings. The molecule has 94 valence electrons. The van der Waals surface area contributed by atoms with E-state index in [0.29, 0.717) is 5.56 Å². The number of hydrogen-bond donors (Lipinski definition) is 0. The molecule has 3 nitrogen and oxygen atoms in total. The van der Waals surface area contributed by atoms with Gasteiger partial charge in [-0.25, -0.2) is 4.98 Å². The number of pyridine rings is 1. The van der Waals surface area contributed by atoms with E-state index in [1.807, 2.05) is 18.0 Å². The Bertz CT molecular complexity index is 568. The first-order valence-electron chi connectivity index (χ1n) is 5.48. The maximum Gasteiger partial charge on any atom is 0.163 e. The predicted molar refractivity (Wildman–Crippen MR) is 78.4 cm³/mol. The normalized spacial score (nSPS) is 10.4. The van der Waals surface area contributed by atoms with Gasteiger partial charge in [-0.05, 0) is 52.0 Å². The number of carbonyl (C=O) groups is 1. The molecule has 0 N–H and O–H groups in total. The molecular formula is C13H13BrN2OS. The van der Waals surface area contributed by atoms with Crippen LogP contribution in [-0.2, 0) is 6.54 Å². The highest BCUT2D eigenvalue weighted by atomic mass is 79.9. The van der Waals surface area contributed by atoms with Crippen molar-refractivity contribution in [3.05, 3.63) is 44.7 Å². The van der Waals surface area contributed by atoms with Gasteiger partial charge in [0.2, 0.25) is 0 Å². The molecule has 2 rings (SSSR count). The third-order valence-electron chi connectivity index (χ3n) is 2.57. The standard InChI is InChI=1S/C13H13BrN2OS/c1-9(17)11-4-3-5-15-13(11)16(2)7-10-6-12(14)18-8-10/h3-6,8H,7H2,1-2H3. The van der Waals surface area contributed by atoms with E-state index in [-0.39, 0.29) is 5.78 Å². The van der Waals surface area contributed by atoms with Gasteiger partial charge in [0.15, 0.2) is 5.78 Å². The lowest BCUT2D eigenvalue weighted by atomic mass is 10.1. The second-order valence-corrected chi connectivity index (χ2v) is 6.34. The van der Waals surface area contributed by atoms with Crippen molar-refractivity contribution in [2.45, 2.75) is 13.5 Å². The molecule has 2 aromatic heterocycles. The zero-order valence-corrected chi connectivity index (χ0v) is 12.6. The zero-order chi connectivity index (χ0) is 13.1. The minimum absolute atomic E-state index is 0.0384. The van der Waals surface area contributed by atoms with Crippen LogP contribution in [0.4, 0.5) is 5.82 Å². The lowest BCUT2D eigenvalue weighted by molar-refractivity contribution is 0.101. The Morgan fingerprint density at radius 2 is 2.33 bits per heavy atom. The Morgan fingerprint density at radius 3 is 2.94 bits per heavy atom. The monoisotopic (exact) mass is 324 g/mol. The molecule has 0 spiro atoms. The minimum Gasteiger partial charge on any atom is -0.355 e. The van der Waals surface area contributed by atoms with Crippen LogP contribution >= 0.6 is 27.3 Å². The van der Waals surface area contributed by atoms with Crippen LogP contribution in [0.2, 0.25) is 0 Å². The molecular weight excluding hydrogens is 312 g/mol. The van der Waals surface area contributed by atoms with Crippen LogP contribution in [0, 0.1) is 0 Å². The topological polar surface area (TPSA) is 33.2 Å². The second-order valence-electron chi connectivity index (χ2n) is 4.05. The van der Waals surface area contributed by atoms with Gasteiger partial charge in [0.25, 0.3) is 0 Å². The fourth-order valence-electron chi connectivity index (χ4n) is 1.75. The van der Waals surface area contributed by atoms with Gasteiger partial charge < -0.3 is 4.90 Å². The fraction of sp³-hybridized carbons (Fsp3) is 0.231. The summed E-state index contributed by atoms with van der Waals surface area (Å²) >= 11 is 5.10. The van der Waals surface area contributed by atoms with Crippen LogP contribution < -0.4 is 4.90 Å². The third kappa shape index (κ3) is 2.97. The first-order valence-corrected chi connectivity index (χ1v) is 7.15. The highest BCUT2D eigenvalue weighted by Gasteiger charge is 2.12. The number of anilines is 1. The van der Waals surface area contributed by atoms with Crippen molar-refractivity contribution in [3.63, 3.8) is 0 Å². The molecule has 2 heterocycles. The van der Waals surface area contributed by atoms with Crippen LogP contribution in [-0.4, -0.2) is 17.8 Å². The van der Waals surface area contributed by atoms with Gasteiger partial charge in [0, 0.05) is 19.8 Å². The van der Waals surface area contributed by atoms with Gasteiger partial charge in [0.1, 0.15) is 5.82 Å². The highest BCUT2D eigenvalue weighted by Crippen LogP contribution is 2.24. The molecule has 0 amide bonds. The number of nitrogens with zero attached hydrogens (tertiary/aromatic N) is 2. The van der Waals surface area contributed by atoms with E-state index in [9.17, 15) is 4.79 Å². The van der Waals surface area contributed by atoms with Gasteiger partial charge >= 0.3 is 0 Å². The lowest BCUT2D eigenvalue weighted by Gasteiger charge is -2.19. The Morgan fingerprint density at radius 1 is 1.56 bits per heavy atom. The molecule has 0 radical (unpaired) electrons. The van der Waals surface area contributed by atoms with Crippen molar-refractivity contribution in [2.75, 3.05) is 11.9 Å². The Hall–Kier alpha value is -1.20. The molecule has 0 aliphatic rings. The first-order chi connectivity index (χ1) is 8.58. The molecule has 0 unspecified atom stereocenters. The van der Waals surface area contributed by atoms with Crippen LogP contribution in [0.3, 0.4) is 0 Å². The van der Waals surface area contributed by atoms with Crippen molar-refractivity contribution in [3.8, 4) is 0 Å². The third-order valence-corrected chi connectivity index (χ3v) is 4.12. The van der Waals surface area contributed by atoms with Crippen LogP contribution in [0.15, 0.2) is 33.6 Å². The van der Waals surface area contributed by atoms with Crippen LogP contribution in [0.1, 0.15) is 22.8 Å². The van der Waals surface area contributed by atoms with Gasteiger partial charge in [0.05, 0.1) is 9.35 Å². The van der Waals surface area contributed by atoms with Crippen LogP contribution in [0.25, 0.3) is 0 Å². The summed E-state index contributed by atoms with van der Waals surface area (Å²) in [4.78, 5) is 17.8. The summed E-state index contributed by atoms with van der Waals surface area (Å²) in [5.41, 5.74) is 1.86. The summed E-state index contributed by atoms with van der Waals surface area (Å²) in [7, 11) is 1.94. The SMILES string of the molecule is CC(=O)c1cccnc1N(C)Cc1csc(Br)c1. The number of rotatable bonds is 4. The number of aromatic nitrogens is 1. The van der Waals surface area contributed by atoms with Crippen molar-refractivity contribution in [2.24, 2.45) is 0 Å². The fourth-order valence-corrected chi connectivity index (χ4v) is 2.95. The predicted octanol–water partition coefficient (Wildman–Crippen LogP) is 3.74. The van der Waals surface area contributed by atoms with Crippen LogP contribution in [0.5, 0.6) is 0 Å². The molecule has 5 heteroatoms. The number of halogens is 1. The van der Waals surface area contributed by atoms with E-state index >= 15 is 0 Å². The maximum absolute atomic E-state index is 11.6. The number of thiophene rings is 1. The van der Waals surface area contributed by atoms with E-state index in [4.69, 9.17) is 0 Å². The summed E-state index contributed by atoms with van der Waals surface area (Å²) in [6, 6.07) is 5.68. The molecule has 0 saturated carbocycles. The number of ketones is 1. The van der Waals surface area contributed by atoms with E-state index in [1.165, 1.54) is 5.56 Å². The molecule has 0 aromatic carbocycles. The summed E-state index contributed by atoms with van der Waals surface area (Å²) in [6.45, 7) is 2.30. The molecule has 0 atom stereocenters. The highest BCUT2D eigenvalue weighted by molar-refractivity contribution is 9.11. The van der Waals surface area contributed by atoms with Gasteiger partial charge in [-0.3, -0.25) is 4.79 Å². The summed E-state index contributed by atoms with van der Waals surface area (Å²) < 4.78 is 1.11. The Labute approximate surface area is 119 Å².